The Labute approximate surface area is 142 Å². The molecule has 130 valence electrons. The summed E-state index contributed by atoms with van der Waals surface area (Å²) in [6.45, 7) is 0.176. The summed E-state index contributed by atoms with van der Waals surface area (Å²) in [5.74, 6) is -1.68. The SMILES string of the molecule is COC(=O)c1cc(C(=O)N(C)Cc2ccc(F)cc2)cc([N+](=O)[O-])c1. The predicted octanol–water partition coefficient (Wildman–Crippen LogP) is 2.79. The number of carbonyl (C=O) groups excluding carboxylic acids is 2. The molecule has 0 aliphatic rings. The van der Waals surface area contributed by atoms with Crippen molar-refractivity contribution in [2.75, 3.05) is 14.2 Å². The average Bonchev–Trinajstić information content (AvgIpc) is 2.61. The van der Waals surface area contributed by atoms with Crippen molar-refractivity contribution >= 4 is 17.6 Å². The van der Waals surface area contributed by atoms with E-state index in [4.69, 9.17) is 0 Å². The highest BCUT2D eigenvalue weighted by atomic mass is 19.1. The van der Waals surface area contributed by atoms with Gasteiger partial charge in [0.15, 0.2) is 0 Å². The molecule has 0 bridgehead atoms. The molecule has 0 heterocycles. The van der Waals surface area contributed by atoms with Gasteiger partial charge < -0.3 is 9.64 Å². The van der Waals surface area contributed by atoms with Gasteiger partial charge in [-0.1, -0.05) is 12.1 Å². The van der Waals surface area contributed by atoms with E-state index in [2.05, 4.69) is 4.74 Å². The molecule has 0 aromatic heterocycles. The van der Waals surface area contributed by atoms with Gasteiger partial charge in [-0.05, 0) is 23.8 Å². The highest BCUT2D eigenvalue weighted by Gasteiger charge is 2.20. The fourth-order valence-corrected chi connectivity index (χ4v) is 2.23. The van der Waals surface area contributed by atoms with Crippen molar-refractivity contribution in [1.82, 2.24) is 4.90 Å². The zero-order valence-electron chi connectivity index (χ0n) is 13.6. The Kier molecular flexibility index (Phi) is 5.43. The number of ether oxygens (including phenoxy) is 1. The number of amides is 1. The molecule has 0 aliphatic carbocycles. The first-order valence-corrected chi connectivity index (χ1v) is 7.19. The van der Waals surface area contributed by atoms with Crippen LogP contribution in [0, 0.1) is 15.9 Å². The maximum absolute atomic E-state index is 12.9. The van der Waals surface area contributed by atoms with E-state index in [0.717, 1.165) is 19.2 Å². The smallest absolute Gasteiger partial charge is 0.338 e. The number of carbonyl (C=O) groups is 2. The molecule has 2 rings (SSSR count). The van der Waals surface area contributed by atoms with Gasteiger partial charge in [-0.25, -0.2) is 9.18 Å². The molecule has 2 aromatic carbocycles. The molecular weight excluding hydrogens is 331 g/mol. The zero-order valence-corrected chi connectivity index (χ0v) is 13.6. The number of nitro benzene ring substituents is 1. The minimum absolute atomic E-state index is 0.0146. The van der Waals surface area contributed by atoms with Crippen LogP contribution in [-0.2, 0) is 11.3 Å². The molecule has 2 aromatic rings. The van der Waals surface area contributed by atoms with Gasteiger partial charge in [-0.2, -0.15) is 0 Å². The lowest BCUT2D eigenvalue weighted by Crippen LogP contribution is -2.26. The van der Waals surface area contributed by atoms with Gasteiger partial charge in [0.1, 0.15) is 5.82 Å². The van der Waals surface area contributed by atoms with Gasteiger partial charge >= 0.3 is 5.97 Å². The first-order valence-electron chi connectivity index (χ1n) is 7.19. The van der Waals surface area contributed by atoms with Gasteiger partial charge in [0.25, 0.3) is 11.6 Å². The number of methoxy groups -OCH3 is 1. The first-order chi connectivity index (χ1) is 11.8. The first kappa shape index (κ1) is 18.1. The third-order valence-corrected chi connectivity index (χ3v) is 3.48. The quantitative estimate of drug-likeness (QED) is 0.472. The highest BCUT2D eigenvalue weighted by molar-refractivity contribution is 5.98. The van der Waals surface area contributed by atoms with E-state index in [-0.39, 0.29) is 29.2 Å². The van der Waals surface area contributed by atoms with Crippen LogP contribution in [0.2, 0.25) is 0 Å². The molecule has 7 nitrogen and oxygen atoms in total. The van der Waals surface area contributed by atoms with Crippen molar-refractivity contribution in [3.63, 3.8) is 0 Å². The lowest BCUT2D eigenvalue weighted by Gasteiger charge is -2.17. The van der Waals surface area contributed by atoms with Crippen LogP contribution in [-0.4, -0.2) is 35.9 Å². The van der Waals surface area contributed by atoms with Crippen LogP contribution in [0.1, 0.15) is 26.3 Å². The Hall–Kier alpha value is -3.29. The minimum atomic E-state index is -0.779. The molecule has 1 amide bonds. The molecule has 0 unspecified atom stereocenters. The summed E-state index contributed by atoms with van der Waals surface area (Å²) < 4.78 is 17.5. The van der Waals surface area contributed by atoms with Gasteiger partial charge in [0.05, 0.1) is 17.6 Å². The summed E-state index contributed by atoms with van der Waals surface area (Å²) >= 11 is 0. The third kappa shape index (κ3) is 4.37. The van der Waals surface area contributed by atoms with Gasteiger partial charge in [0.2, 0.25) is 0 Å². The number of halogens is 1. The maximum atomic E-state index is 12.9. The highest BCUT2D eigenvalue weighted by Crippen LogP contribution is 2.20. The summed E-state index contributed by atoms with van der Waals surface area (Å²) in [5, 5.41) is 11.0. The molecule has 25 heavy (non-hydrogen) atoms. The number of hydrogen-bond acceptors (Lipinski definition) is 5. The van der Waals surface area contributed by atoms with Gasteiger partial charge in [0, 0.05) is 31.3 Å². The summed E-state index contributed by atoms with van der Waals surface area (Å²) in [4.78, 5) is 35.8. The lowest BCUT2D eigenvalue weighted by atomic mass is 10.1. The monoisotopic (exact) mass is 346 g/mol. The van der Waals surface area contributed by atoms with E-state index < -0.39 is 16.8 Å². The number of nitro groups is 1. The molecule has 0 N–H and O–H groups in total. The largest absolute Gasteiger partial charge is 0.465 e. The van der Waals surface area contributed by atoms with Crippen LogP contribution >= 0.6 is 0 Å². The topological polar surface area (TPSA) is 89.8 Å². The molecule has 0 aliphatic heterocycles. The molecule has 0 atom stereocenters. The van der Waals surface area contributed by atoms with E-state index in [0.29, 0.717) is 5.56 Å². The maximum Gasteiger partial charge on any atom is 0.338 e. The van der Waals surface area contributed by atoms with Crippen molar-refractivity contribution in [3.05, 3.63) is 75.1 Å². The Morgan fingerprint density at radius 3 is 2.32 bits per heavy atom. The number of hydrogen-bond donors (Lipinski definition) is 0. The lowest BCUT2D eigenvalue weighted by molar-refractivity contribution is -0.384. The summed E-state index contributed by atoms with van der Waals surface area (Å²) in [6.07, 6.45) is 0. The molecule has 0 radical (unpaired) electrons. The Bertz CT molecular complexity index is 820. The Morgan fingerprint density at radius 1 is 1.16 bits per heavy atom. The van der Waals surface area contributed by atoms with Gasteiger partial charge in [-0.3, -0.25) is 14.9 Å². The fourth-order valence-electron chi connectivity index (χ4n) is 2.23. The van der Waals surface area contributed by atoms with Crippen molar-refractivity contribution in [3.8, 4) is 0 Å². The van der Waals surface area contributed by atoms with Crippen LogP contribution in [0.5, 0.6) is 0 Å². The van der Waals surface area contributed by atoms with E-state index in [1.54, 1.807) is 0 Å². The van der Waals surface area contributed by atoms with E-state index in [9.17, 15) is 24.1 Å². The molecule has 0 saturated carbocycles. The normalized spacial score (nSPS) is 10.2. The Balaban J connectivity index is 2.30. The van der Waals surface area contributed by atoms with Crippen LogP contribution in [0.4, 0.5) is 10.1 Å². The molecule has 0 spiro atoms. The summed E-state index contributed by atoms with van der Waals surface area (Å²) in [5.41, 5.74) is 0.201. The zero-order chi connectivity index (χ0) is 18.6. The third-order valence-electron chi connectivity index (χ3n) is 3.48. The molecule has 8 heteroatoms. The number of non-ortho nitro benzene ring substituents is 1. The second kappa shape index (κ2) is 7.52. The number of rotatable bonds is 5. The van der Waals surface area contributed by atoms with Crippen LogP contribution in [0.25, 0.3) is 0 Å². The van der Waals surface area contributed by atoms with Crippen molar-refractivity contribution < 1.29 is 23.6 Å². The number of nitrogens with zero attached hydrogens (tertiary/aromatic N) is 2. The van der Waals surface area contributed by atoms with E-state index in [1.165, 1.54) is 42.3 Å². The minimum Gasteiger partial charge on any atom is -0.465 e. The fraction of sp³-hybridized carbons (Fsp3) is 0.176. The number of esters is 1. The summed E-state index contributed by atoms with van der Waals surface area (Å²) in [6, 6.07) is 8.99. The summed E-state index contributed by atoms with van der Waals surface area (Å²) in [7, 11) is 2.64. The molecule has 0 fully saturated rings. The van der Waals surface area contributed by atoms with E-state index >= 15 is 0 Å². The van der Waals surface area contributed by atoms with Gasteiger partial charge in [-0.15, -0.1) is 0 Å². The molecule has 0 saturated heterocycles. The van der Waals surface area contributed by atoms with Crippen LogP contribution in [0.3, 0.4) is 0 Å². The Morgan fingerprint density at radius 2 is 1.76 bits per heavy atom. The van der Waals surface area contributed by atoms with Crippen molar-refractivity contribution in [1.29, 1.82) is 0 Å². The van der Waals surface area contributed by atoms with Crippen LogP contribution in [0.15, 0.2) is 42.5 Å². The second-order valence-corrected chi connectivity index (χ2v) is 5.30. The van der Waals surface area contributed by atoms with Crippen molar-refractivity contribution in [2.24, 2.45) is 0 Å². The number of benzene rings is 2. The standard InChI is InChI=1S/C17H15FN2O5/c1-19(10-11-3-5-14(18)6-4-11)16(21)12-7-13(17(22)25-2)9-15(8-12)20(23)24/h3-9H,10H2,1-2H3. The van der Waals surface area contributed by atoms with Crippen LogP contribution < -0.4 is 0 Å². The predicted molar refractivity (Wildman–Crippen MR) is 86.6 cm³/mol. The van der Waals surface area contributed by atoms with Crippen molar-refractivity contribution in [2.45, 2.75) is 6.54 Å². The average molecular weight is 346 g/mol. The second-order valence-electron chi connectivity index (χ2n) is 5.30. The van der Waals surface area contributed by atoms with E-state index in [1.807, 2.05) is 0 Å². The molecular formula is C17H15FN2O5.